The predicted molar refractivity (Wildman–Crippen MR) is 113 cm³/mol. The molecule has 1 N–H and O–H groups in total. The van der Waals surface area contributed by atoms with E-state index in [9.17, 15) is 9.59 Å². The zero-order valence-corrected chi connectivity index (χ0v) is 18.4. The monoisotopic (exact) mass is 411 g/mol. The SMILES string of the molecule is CC(C)(C)c1ccnc(C2CC3(CCN(C(=O)C4CC5(COC(=O)N5)C4)CC3)C2)c1. The third-order valence-electron chi connectivity index (χ3n) is 8.03. The van der Waals surface area contributed by atoms with Crippen molar-refractivity contribution in [1.82, 2.24) is 15.2 Å². The summed E-state index contributed by atoms with van der Waals surface area (Å²) in [7, 11) is 0. The quantitative estimate of drug-likeness (QED) is 0.804. The van der Waals surface area contributed by atoms with E-state index < -0.39 is 0 Å². The first-order valence-electron chi connectivity index (χ1n) is 11.4. The van der Waals surface area contributed by atoms with Crippen molar-refractivity contribution in [2.45, 2.75) is 76.2 Å². The predicted octanol–water partition coefficient (Wildman–Crippen LogP) is 3.75. The summed E-state index contributed by atoms with van der Waals surface area (Å²) in [5.41, 5.74) is 2.88. The smallest absolute Gasteiger partial charge is 0.407 e. The molecule has 0 radical (unpaired) electrons. The van der Waals surface area contributed by atoms with Crippen molar-refractivity contribution in [2.75, 3.05) is 19.7 Å². The molecule has 0 unspecified atom stereocenters. The summed E-state index contributed by atoms with van der Waals surface area (Å²) in [5, 5.41) is 2.88. The number of carbonyl (C=O) groups excluding carboxylic acids is 2. The fraction of sp³-hybridized carbons (Fsp3) is 0.708. The first-order valence-corrected chi connectivity index (χ1v) is 11.4. The number of rotatable bonds is 2. The van der Waals surface area contributed by atoms with E-state index in [-0.39, 0.29) is 28.9 Å². The molecule has 0 bridgehead atoms. The van der Waals surface area contributed by atoms with E-state index in [1.807, 2.05) is 6.20 Å². The molecule has 4 aliphatic rings. The van der Waals surface area contributed by atoms with Gasteiger partial charge in [0, 0.05) is 36.8 Å². The number of pyridine rings is 1. The fourth-order valence-electron chi connectivity index (χ4n) is 5.97. The number of likely N-dealkylation sites (tertiary alicyclic amines) is 1. The molecule has 6 heteroatoms. The van der Waals surface area contributed by atoms with Crippen molar-refractivity contribution >= 4 is 12.0 Å². The Balaban J connectivity index is 1.12. The van der Waals surface area contributed by atoms with Crippen molar-refractivity contribution in [2.24, 2.45) is 11.3 Å². The number of nitrogens with zero attached hydrogens (tertiary/aromatic N) is 2. The van der Waals surface area contributed by atoms with Gasteiger partial charge in [-0.1, -0.05) is 20.8 Å². The minimum atomic E-state index is -0.345. The highest BCUT2D eigenvalue weighted by Gasteiger charge is 2.54. The summed E-state index contributed by atoms with van der Waals surface area (Å²) in [4.78, 5) is 30.9. The number of aromatic nitrogens is 1. The van der Waals surface area contributed by atoms with Crippen LogP contribution >= 0.6 is 0 Å². The Morgan fingerprint density at radius 1 is 1.20 bits per heavy atom. The number of cyclic esters (lactones) is 1. The average Bonchev–Trinajstić information content (AvgIpc) is 3.06. The third-order valence-corrected chi connectivity index (χ3v) is 8.03. The molecule has 0 atom stereocenters. The molecule has 2 amide bonds. The standard InChI is InChI=1S/C24H33N3O3/c1-22(2,3)18-4-7-25-19(10-18)16-11-23(12-16)5-8-27(9-6-23)20(28)17-13-24(14-17)15-30-21(29)26-24/h4,7,10,16-17H,5-6,8-9,11-15H2,1-3H3,(H,26,29). The Morgan fingerprint density at radius 3 is 2.50 bits per heavy atom. The summed E-state index contributed by atoms with van der Waals surface area (Å²) in [6.45, 7) is 8.89. The van der Waals surface area contributed by atoms with Gasteiger partial charge in [-0.15, -0.1) is 0 Å². The molecule has 2 saturated carbocycles. The van der Waals surface area contributed by atoms with Gasteiger partial charge in [-0.05, 0) is 67.1 Å². The normalized spacial score (nSPS) is 27.4. The largest absolute Gasteiger partial charge is 0.447 e. The van der Waals surface area contributed by atoms with E-state index >= 15 is 0 Å². The van der Waals surface area contributed by atoms with Gasteiger partial charge in [0.05, 0.1) is 5.54 Å². The number of ether oxygens (including phenoxy) is 1. The number of carbonyl (C=O) groups is 2. The molecule has 2 spiro atoms. The topological polar surface area (TPSA) is 71.5 Å². The number of amides is 2. The van der Waals surface area contributed by atoms with Gasteiger partial charge in [-0.2, -0.15) is 0 Å². The Morgan fingerprint density at radius 2 is 1.90 bits per heavy atom. The van der Waals surface area contributed by atoms with E-state index in [4.69, 9.17) is 4.74 Å². The summed E-state index contributed by atoms with van der Waals surface area (Å²) < 4.78 is 5.03. The summed E-state index contributed by atoms with van der Waals surface area (Å²) >= 11 is 0. The molecular formula is C24H33N3O3. The van der Waals surface area contributed by atoms with Crippen molar-refractivity contribution in [3.63, 3.8) is 0 Å². The Labute approximate surface area is 178 Å². The molecule has 1 aromatic heterocycles. The minimum absolute atomic E-state index is 0.0412. The summed E-state index contributed by atoms with van der Waals surface area (Å²) in [5.74, 6) is 0.874. The fourth-order valence-corrected chi connectivity index (χ4v) is 5.97. The van der Waals surface area contributed by atoms with Crippen LogP contribution in [-0.2, 0) is 14.9 Å². The second-order valence-corrected chi connectivity index (χ2v) is 11.2. The second-order valence-electron chi connectivity index (χ2n) is 11.2. The van der Waals surface area contributed by atoms with E-state index in [1.165, 1.54) is 24.1 Å². The number of piperidine rings is 1. The molecule has 2 saturated heterocycles. The number of hydrogen-bond donors (Lipinski definition) is 1. The van der Waals surface area contributed by atoms with Crippen LogP contribution in [0.1, 0.15) is 76.5 Å². The summed E-state index contributed by atoms with van der Waals surface area (Å²) in [6.07, 6.45) is 7.66. The average molecular weight is 412 g/mol. The molecule has 4 fully saturated rings. The lowest BCUT2D eigenvalue weighted by molar-refractivity contribution is -0.144. The minimum Gasteiger partial charge on any atom is -0.447 e. The summed E-state index contributed by atoms with van der Waals surface area (Å²) in [6, 6.07) is 4.43. The van der Waals surface area contributed by atoms with Gasteiger partial charge >= 0.3 is 6.09 Å². The number of alkyl carbamates (subject to hydrolysis) is 1. The maximum absolute atomic E-state index is 12.9. The molecule has 6 nitrogen and oxygen atoms in total. The number of hydrogen-bond acceptors (Lipinski definition) is 4. The van der Waals surface area contributed by atoms with Gasteiger partial charge < -0.3 is 15.0 Å². The van der Waals surface area contributed by atoms with Gasteiger partial charge in [-0.25, -0.2) is 4.79 Å². The molecule has 2 aliphatic heterocycles. The first kappa shape index (κ1) is 19.8. The zero-order valence-electron chi connectivity index (χ0n) is 18.4. The van der Waals surface area contributed by atoms with Gasteiger partial charge in [0.25, 0.3) is 0 Å². The van der Waals surface area contributed by atoms with Gasteiger partial charge in [0.15, 0.2) is 0 Å². The van der Waals surface area contributed by atoms with Crippen LogP contribution in [0.25, 0.3) is 0 Å². The highest BCUT2D eigenvalue weighted by Crippen LogP contribution is 2.56. The molecule has 5 rings (SSSR count). The number of nitrogens with one attached hydrogen (secondary N) is 1. The van der Waals surface area contributed by atoms with Gasteiger partial charge in [0.2, 0.25) is 5.91 Å². The van der Waals surface area contributed by atoms with Crippen molar-refractivity contribution in [1.29, 1.82) is 0 Å². The molecule has 2 aliphatic carbocycles. The van der Waals surface area contributed by atoms with Crippen LogP contribution in [-0.4, -0.2) is 47.1 Å². The lowest BCUT2D eigenvalue weighted by Crippen LogP contribution is -2.59. The van der Waals surface area contributed by atoms with Crippen LogP contribution in [0.2, 0.25) is 0 Å². The molecule has 0 aromatic carbocycles. The van der Waals surface area contributed by atoms with Gasteiger partial charge in [-0.3, -0.25) is 9.78 Å². The van der Waals surface area contributed by atoms with E-state index in [0.717, 1.165) is 38.8 Å². The Kier molecular flexibility index (Phi) is 4.42. The van der Waals surface area contributed by atoms with Crippen LogP contribution in [0, 0.1) is 11.3 Å². The molecule has 30 heavy (non-hydrogen) atoms. The second kappa shape index (κ2) is 6.69. The van der Waals surface area contributed by atoms with E-state index in [1.54, 1.807) is 0 Å². The maximum atomic E-state index is 12.9. The Bertz CT molecular complexity index is 853. The van der Waals surface area contributed by atoms with Crippen LogP contribution in [0.15, 0.2) is 18.3 Å². The highest BCUT2D eigenvalue weighted by atomic mass is 16.6. The van der Waals surface area contributed by atoms with E-state index in [0.29, 0.717) is 17.9 Å². The first-order chi connectivity index (χ1) is 14.2. The van der Waals surface area contributed by atoms with Crippen molar-refractivity contribution in [3.8, 4) is 0 Å². The lowest BCUT2D eigenvalue weighted by atomic mass is 9.56. The molecular weight excluding hydrogens is 378 g/mol. The zero-order chi connectivity index (χ0) is 21.1. The molecule has 3 heterocycles. The van der Waals surface area contributed by atoms with Crippen LogP contribution in [0.5, 0.6) is 0 Å². The van der Waals surface area contributed by atoms with E-state index in [2.05, 4.69) is 48.1 Å². The van der Waals surface area contributed by atoms with Crippen molar-refractivity contribution in [3.05, 3.63) is 29.6 Å². The van der Waals surface area contributed by atoms with Crippen LogP contribution in [0.4, 0.5) is 4.79 Å². The van der Waals surface area contributed by atoms with Crippen molar-refractivity contribution < 1.29 is 14.3 Å². The van der Waals surface area contributed by atoms with Gasteiger partial charge in [0.1, 0.15) is 6.61 Å². The van der Waals surface area contributed by atoms with Crippen LogP contribution < -0.4 is 5.32 Å². The van der Waals surface area contributed by atoms with Crippen LogP contribution in [0.3, 0.4) is 0 Å². The third kappa shape index (κ3) is 3.38. The molecule has 162 valence electrons. The molecule has 1 aromatic rings. The maximum Gasteiger partial charge on any atom is 0.407 e. The Hall–Kier alpha value is -2.11. The highest BCUT2D eigenvalue weighted by molar-refractivity contribution is 5.81. The lowest BCUT2D eigenvalue weighted by Gasteiger charge is -2.53.